The molecular formula is C16H20BrF2N3. The molecule has 1 unspecified atom stereocenters. The van der Waals surface area contributed by atoms with Crippen LogP contribution in [0.5, 0.6) is 0 Å². The Morgan fingerprint density at radius 2 is 2.05 bits per heavy atom. The molecule has 0 aliphatic heterocycles. The first-order valence-electron chi connectivity index (χ1n) is 7.33. The van der Waals surface area contributed by atoms with E-state index in [-0.39, 0.29) is 6.04 Å². The molecule has 0 bridgehead atoms. The van der Waals surface area contributed by atoms with Crippen LogP contribution in [0.3, 0.4) is 0 Å². The van der Waals surface area contributed by atoms with Crippen LogP contribution in [0.4, 0.5) is 8.78 Å². The Kier molecular flexibility index (Phi) is 6.08. The minimum atomic E-state index is -2.56. The van der Waals surface area contributed by atoms with Crippen molar-refractivity contribution in [2.75, 3.05) is 6.54 Å². The summed E-state index contributed by atoms with van der Waals surface area (Å²) in [6, 6.07) is 8.11. The molecule has 0 aliphatic carbocycles. The van der Waals surface area contributed by atoms with Gasteiger partial charge in [-0.05, 0) is 31.5 Å². The molecule has 0 aliphatic rings. The quantitative estimate of drug-likeness (QED) is 0.681. The summed E-state index contributed by atoms with van der Waals surface area (Å²) in [4.78, 5) is 6.26. The van der Waals surface area contributed by atoms with Crippen LogP contribution in [0.2, 0.25) is 0 Å². The molecule has 120 valence electrons. The number of benzene rings is 1. The summed E-state index contributed by atoms with van der Waals surface area (Å²) in [6.07, 6.45) is 3.70. The summed E-state index contributed by atoms with van der Waals surface area (Å²) in [5, 5.41) is 0. The van der Waals surface area contributed by atoms with Gasteiger partial charge in [0.25, 0.3) is 0 Å². The first-order chi connectivity index (χ1) is 10.5. The molecule has 0 fully saturated rings. The zero-order valence-corrected chi connectivity index (χ0v) is 14.3. The Hall–Kier alpha value is -1.27. The fourth-order valence-corrected chi connectivity index (χ4v) is 3.15. The van der Waals surface area contributed by atoms with Gasteiger partial charge in [-0.25, -0.2) is 4.98 Å². The molecule has 0 saturated heterocycles. The fraction of sp³-hybridized carbons (Fsp3) is 0.438. The van der Waals surface area contributed by atoms with E-state index in [2.05, 4.69) is 45.7 Å². The zero-order valence-electron chi connectivity index (χ0n) is 12.7. The van der Waals surface area contributed by atoms with E-state index in [0.717, 1.165) is 27.6 Å². The molecular weight excluding hydrogens is 352 g/mol. The highest BCUT2D eigenvalue weighted by molar-refractivity contribution is 9.10. The highest BCUT2D eigenvalue weighted by Crippen LogP contribution is 2.29. The van der Waals surface area contributed by atoms with Crippen LogP contribution < -0.4 is 0 Å². The van der Waals surface area contributed by atoms with E-state index in [4.69, 9.17) is 0 Å². The van der Waals surface area contributed by atoms with E-state index in [1.165, 1.54) is 12.4 Å². The summed E-state index contributed by atoms with van der Waals surface area (Å²) in [6.45, 7) is 2.83. The average molecular weight is 372 g/mol. The van der Waals surface area contributed by atoms with Crippen LogP contribution in [-0.2, 0) is 6.54 Å². The van der Waals surface area contributed by atoms with E-state index in [0.29, 0.717) is 12.4 Å². The van der Waals surface area contributed by atoms with Crippen molar-refractivity contribution in [3.05, 3.63) is 52.5 Å². The first kappa shape index (κ1) is 17.1. The molecule has 0 radical (unpaired) electrons. The third-order valence-corrected chi connectivity index (χ3v) is 4.44. The van der Waals surface area contributed by atoms with Gasteiger partial charge in [-0.1, -0.05) is 41.1 Å². The van der Waals surface area contributed by atoms with Crippen molar-refractivity contribution in [3.8, 4) is 0 Å². The number of hydrogen-bond acceptors (Lipinski definition) is 2. The lowest BCUT2D eigenvalue weighted by atomic mass is 10.1. The largest absolute Gasteiger partial charge is 0.319 e. The van der Waals surface area contributed by atoms with Gasteiger partial charge < -0.3 is 0 Å². The summed E-state index contributed by atoms with van der Waals surface area (Å²) >= 11 is 3.56. The average Bonchev–Trinajstić information content (AvgIpc) is 2.95. The second-order valence-corrected chi connectivity index (χ2v) is 6.05. The maximum atomic E-state index is 13.0. The van der Waals surface area contributed by atoms with Crippen LogP contribution in [0, 0.1) is 0 Å². The lowest BCUT2D eigenvalue weighted by Crippen LogP contribution is -2.29. The van der Waals surface area contributed by atoms with E-state index >= 15 is 0 Å². The predicted molar refractivity (Wildman–Crippen MR) is 86.7 cm³/mol. The molecule has 2 rings (SSSR count). The Morgan fingerprint density at radius 3 is 2.68 bits per heavy atom. The van der Waals surface area contributed by atoms with Crippen molar-refractivity contribution < 1.29 is 8.78 Å². The van der Waals surface area contributed by atoms with Gasteiger partial charge in [0, 0.05) is 22.9 Å². The molecule has 2 aromatic rings. The van der Waals surface area contributed by atoms with Crippen molar-refractivity contribution in [3.63, 3.8) is 0 Å². The smallest absolute Gasteiger partial charge is 0.289 e. The first-order valence-corrected chi connectivity index (χ1v) is 8.12. The van der Waals surface area contributed by atoms with Gasteiger partial charge in [0.1, 0.15) is 5.82 Å². The summed E-state index contributed by atoms with van der Waals surface area (Å²) in [5.41, 5.74) is 1.14. The maximum Gasteiger partial charge on any atom is 0.319 e. The minimum absolute atomic E-state index is 0.110. The van der Waals surface area contributed by atoms with Crippen molar-refractivity contribution in [1.82, 2.24) is 14.5 Å². The minimum Gasteiger partial charge on any atom is -0.289 e. The molecule has 3 nitrogen and oxygen atoms in total. The number of aromatic nitrogens is 2. The molecule has 0 saturated carbocycles. The van der Waals surface area contributed by atoms with Crippen LogP contribution in [0.25, 0.3) is 0 Å². The van der Waals surface area contributed by atoms with Crippen molar-refractivity contribution in [2.24, 2.45) is 0 Å². The third kappa shape index (κ3) is 3.93. The highest BCUT2D eigenvalue weighted by atomic mass is 79.9. The van der Waals surface area contributed by atoms with Crippen molar-refractivity contribution in [1.29, 1.82) is 0 Å². The topological polar surface area (TPSA) is 21.1 Å². The summed E-state index contributed by atoms with van der Waals surface area (Å²) in [7, 11) is 0. The molecule has 1 atom stereocenters. The van der Waals surface area contributed by atoms with Crippen LogP contribution >= 0.6 is 15.9 Å². The summed E-state index contributed by atoms with van der Waals surface area (Å²) < 4.78 is 27.9. The van der Waals surface area contributed by atoms with E-state index in [1.807, 2.05) is 18.2 Å². The van der Waals surface area contributed by atoms with E-state index in [1.54, 1.807) is 0 Å². The lowest BCUT2D eigenvalue weighted by molar-refractivity contribution is 0.0623. The molecule has 6 heteroatoms. The lowest BCUT2D eigenvalue weighted by Gasteiger charge is -2.29. The van der Waals surface area contributed by atoms with Crippen LogP contribution in [-0.4, -0.2) is 21.0 Å². The van der Waals surface area contributed by atoms with Crippen LogP contribution in [0.1, 0.15) is 44.2 Å². The number of hydrogen-bond donors (Lipinski definition) is 0. The van der Waals surface area contributed by atoms with Gasteiger partial charge in [0.2, 0.25) is 0 Å². The van der Waals surface area contributed by atoms with E-state index in [9.17, 15) is 8.78 Å². The number of nitrogens with zero attached hydrogens (tertiary/aromatic N) is 3. The number of halogens is 3. The van der Waals surface area contributed by atoms with Gasteiger partial charge in [0.15, 0.2) is 0 Å². The second-order valence-electron chi connectivity index (χ2n) is 5.20. The van der Waals surface area contributed by atoms with E-state index < -0.39 is 6.55 Å². The molecule has 0 amide bonds. The Bertz CT molecular complexity index is 601. The molecule has 1 heterocycles. The molecule has 0 N–H and O–H groups in total. The second kappa shape index (κ2) is 7.83. The number of rotatable bonds is 7. The molecule has 1 aromatic heterocycles. The molecule has 0 spiro atoms. The third-order valence-electron chi connectivity index (χ3n) is 3.72. The Morgan fingerprint density at radius 1 is 1.32 bits per heavy atom. The Balaban J connectivity index is 2.23. The maximum absolute atomic E-state index is 13.0. The molecule has 22 heavy (non-hydrogen) atoms. The van der Waals surface area contributed by atoms with Crippen molar-refractivity contribution >= 4 is 15.9 Å². The van der Waals surface area contributed by atoms with Gasteiger partial charge in [0.05, 0.1) is 6.54 Å². The highest BCUT2D eigenvalue weighted by Gasteiger charge is 2.20. The van der Waals surface area contributed by atoms with Gasteiger partial charge in [-0.15, -0.1) is 0 Å². The van der Waals surface area contributed by atoms with Crippen LogP contribution in [0.15, 0.2) is 41.1 Å². The van der Waals surface area contributed by atoms with Gasteiger partial charge in [-0.3, -0.25) is 9.47 Å². The molecule has 1 aromatic carbocycles. The monoisotopic (exact) mass is 371 g/mol. The van der Waals surface area contributed by atoms with Gasteiger partial charge >= 0.3 is 6.55 Å². The fourth-order valence-electron chi connectivity index (χ4n) is 2.53. The summed E-state index contributed by atoms with van der Waals surface area (Å²) in [5.74, 6) is 0.391. The van der Waals surface area contributed by atoms with Crippen molar-refractivity contribution in [2.45, 2.75) is 39.4 Å². The predicted octanol–water partition coefficient (Wildman–Crippen LogP) is 5.01. The SMILES string of the molecule is CCCN(Cc1nccn1C(F)F)C(C)c1ccccc1Br. The standard InChI is InChI=1S/C16H20BrF2N3/c1-3-9-21(11-15-20-8-10-22(15)16(18)19)12(2)13-6-4-5-7-14(13)17/h4-8,10,12,16H,3,9,11H2,1-2H3. The zero-order chi connectivity index (χ0) is 16.1. The number of imidazole rings is 1. The number of alkyl halides is 2. The Labute approximate surface area is 138 Å². The normalized spacial score (nSPS) is 13.0. The van der Waals surface area contributed by atoms with Gasteiger partial charge in [-0.2, -0.15) is 8.78 Å².